The van der Waals surface area contributed by atoms with Gasteiger partial charge < -0.3 is 14.8 Å². The maximum atomic E-state index is 11.7. The Hall–Kier alpha value is -1.71. The third kappa shape index (κ3) is 2.90. The van der Waals surface area contributed by atoms with Crippen LogP contribution in [0.2, 0.25) is 0 Å². The molecule has 0 radical (unpaired) electrons. The van der Waals surface area contributed by atoms with Gasteiger partial charge in [0.25, 0.3) is 0 Å². The summed E-state index contributed by atoms with van der Waals surface area (Å²) in [6, 6.07) is 7.57. The van der Waals surface area contributed by atoms with Gasteiger partial charge in [0.15, 0.2) is 0 Å². The van der Waals surface area contributed by atoms with E-state index in [2.05, 4.69) is 12.2 Å². The van der Waals surface area contributed by atoms with Crippen molar-refractivity contribution in [1.29, 1.82) is 0 Å². The largest absolute Gasteiger partial charge is 0.475 e. The molecule has 1 aromatic rings. The van der Waals surface area contributed by atoms with Crippen LogP contribution < -0.4 is 10.1 Å². The number of hydrogen-bond acceptors (Lipinski definition) is 4. The quantitative estimate of drug-likeness (QED) is 0.642. The van der Waals surface area contributed by atoms with Gasteiger partial charge in [0.1, 0.15) is 5.75 Å². The number of nitrogens with one attached hydrogen (secondary N) is 1. The van der Waals surface area contributed by atoms with E-state index in [-0.39, 0.29) is 5.97 Å². The van der Waals surface area contributed by atoms with E-state index in [9.17, 15) is 4.79 Å². The van der Waals surface area contributed by atoms with Crippen molar-refractivity contribution in [2.24, 2.45) is 0 Å². The lowest BCUT2D eigenvalue weighted by atomic mass is 10.2. The van der Waals surface area contributed by atoms with Crippen molar-refractivity contribution < 1.29 is 14.3 Å². The number of fused-ring (bicyclic) bond motifs is 1. The Morgan fingerprint density at radius 3 is 3.18 bits per heavy atom. The van der Waals surface area contributed by atoms with Gasteiger partial charge in [-0.1, -0.05) is 25.5 Å². The Morgan fingerprint density at radius 1 is 1.53 bits per heavy atom. The van der Waals surface area contributed by atoms with Gasteiger partial charge in [0.2, 0.25) is 6.10 Å². The topological polar surface area (TPSA) is 47.6 Å². The summed E-state index contributed by atoms with van der Waals surface area (Å²) in [5.74, 6) is 0.414. The van der Waals surface area contributed by atoms with Crippen LogP contribution in [0, 0.1) is 0 Å². The molecule has 17 heavy (non-hydrogen) atoms. The molecule has 1 aromatic carbocycles. The second-order valence-corrected chi connectivity index (χ2v) is 4.00. The Bertz CT molecular complexity index is 392. The zero-order valence-electron chi connectivity index (χ0n) is 9.94. The summed E-state index contributed by atoms with van der Waals surface area (Å²) in [6.45, 7) is 2.99. The third-order valence-corrected chi connectivity index (χ3v) is 2.64. The molecule has 0 amide bonds. The van der Waals surface area contributed by atoms with E-state index in [1.54, 1.807) is 0 Å². The van der Waals surface area contributed by atoms with Gasteiger partial charge in [0, 0.05) is 0 Å². The summed E-state index contributed by atoms with van der Waals surface area (Å²) in [4.78, 5) is 11.7. The van der Waals surface area contributed by atoms with Crippen LogP contribution in [0.25, 0.3) is 0 Å². The lowest BCUT2D eigenvalue weighted by molar-refractivity contribution is -0.151. The SMILES string of the molecule is CCCCOC(=O)C1CNc2ccccc2O1. The van der Waals surface area contributed by atoms with Crippen molar-refractivity contribution in [3.05, 3.63) is 24.3 Å². The summed E-state index contributed by atoms with van der Waals surface area (Å²) in [5, 5.41) is 3.16. The number of carbonyl (C=O) groups excluding carboxylic acids is 1. The number of ether oxygens (including phenoxy) is 2. The van der Waals surface area contributed by atoms with E-state index in [0.717, 1.165) is 18.5 Å². The molecule has 1 atom stereocenters. The molecule has 0 fully saturated rings. The van der Waals surface area contributed by atoms with E-state index in [4.69, 9.17) is 9.47 Å². The molecular weight excluding hydrogens is 218 g/mol. The molecule has 2 rings (SSSR count). The van der Waals surface area contributed by atoms with Crippen LogP contribution in [0.15, 0.2) is 24.3 Å². The molecular formula is C13H17NO3. The van der Waals surface area contributed by atoms with Crippen molar-refractivity contribution in [2.75, 3.05) is 18.5 Å². The highest BCUT2D eigenvalue weighted by molar-refractivity contribution is 5.77. The smallest absolute Gasteiger partial charge is 0.349 e. The fraction of sp³-hybridized carbons (Fsp3) is 0.462. The Morgan fingerprint density at radius 2 is 2.35 bits per heavy atom. The summed E-state index contributed by atoms with van der Waals surface area (Å²) < 4.78 is 10.7. The lowest BCUT2D eigenvalue weighted by Gasteiger charge is -2.25. The molecule has 0 saturated carbocycles. The molecule has 1 N–H and O–H groups in total. The molecule has 4 nitrogen and oxygen atoms in total. The van der Waals surface area contributed by atoms with E-state index < -0.39 is 6.10 Å². The Balaban J connectivity index is 1.91. The summed E-state index contributed by atoms with van der Waals surface area (Å²) in [6.07, 6.45) is 1.37. The first kappa shape index (κ1) is 11.8. The number of carbonyl (C=O) groups is 1. The lowest BCUT2D eigenvalue weighted by Crippen LogP contribution is -2.39. The van der Waals surface area contributed by atoms with E-state index in [1.165, 1.54) is 0 Å². The van der Waals surface area contributed by atoms with Crippen molar-refractivity contribution >= 4 is 11.7 Å². The minimum Gasteiger partial charge on any atom is -0.475 e. The van der Waals surface area contributed by atoms with Gasteiger partial charge in [-0.15, -0.1) is 0 Å². The molecule has 0 saturated heterocycles. The molecule has 1 aliphatic heterocycles. The van der Waals surface area contributed by atoms with Crippen LogP contribution in [0.5, 0.6) is 5.75 Å². The van der Waals surface area contributed by atoms with Gasteiger partial charge in [0.05, 0.1) is 18.8 Å². The van der Waals surface area contributed by atoms with Gasteiger partial charge in [-0.3, -0.25) is 0 Å². The number of unbranched alkanes of at least 4 members (excludes halogenated alkanes) is 1. The van der Waals surface area contributed by atoms with Crippen LogP contribution in [0.4, 0.5) is 5.69 Å². The van der Waals surface area contributed by atoms with Gasteiger partial charge >= 0.3 is 5.97 Å². The zero-order chi connectivity index (χ0) is 12.1. The highest BCUT2D eigenvalue weighted by Gasteiger charge is 2.26. The van der Waals surface area contributed by atoms with Crippen molar-refractivity contribution in [2.45, 2.75) is 25.9 Å². The molecule has 0 aliphatic carbocycles. The number of benzene rings is 1. The number of rotatable bonds is 4. The fourth-order valence-corrected chi connectivity index (χ4v) is 1.65. The highest BCUT2D eigenvalue weighted by Crippen LogP contribution is 2.28. The van der Waals surface area contributed by atoms with Crippen LogP contribution in [-0.4, -0.2) is 25.2 Å². The normalized spacial score (nSPS) is 17.6. The van der Waals surface area contributed by atoms with Gasteiger partial charge in [-0.05, 0) is 18.6 Å². The predicted octanol–water partition coefficient (Wildman–Crippen LogP) is 2.20. The molecule has 92 valence electrons. The van der Waals surface area contributed by atoms with E-state index in [0.29, 0.717) is 18.9 Å². The number of hydrogen-bond donors (Lipinski definition) is 1. The summed E-state index contributed by atoms with van der Waals surface area (Å²) in [5.41, 5.74) is 0.921. The molecule has 0 aromatic heterocycles. The molecule has 0 spiro atoms. The number of para-hydroxylation sites is 2. The second kappa shape index (κ2) is 5.57. The molecule has 1 aliphatic rings. The summed E-state index contributed by atoms with van der Waals surface area (Å²) >= 11 is 0. The van der Waals surface area contributed by atoms with Crippen LogP contribution in [0.1, 0.15) is 19.8 Å². The molecule has 1 heterocycles. The second-order valence-electron chi connectivity index (χ2n) is 4.00. The van der Waals surface area contributed by atoms with Gasteiger partial charge in [-0.25, -0.2) is 4.79 Å². The highest BCUT2D eigenvalue weighted by atomic mass is 16.6. The maximum absolute atomic E-state index is 11.7. The predicted molar refractivity (Wildman–Crippen MR) is 65.2 cm³/mol. The standard InChI is InChI=1S/C13H17NO3/c1-2-3-8-16-13(15)12-9-14-10-6-4-5-7-11(10)17-12/h4-7,12,14H,2-3,8-9H2,1H3. The van der Waals surface area contributed by atoms with E-state index >= 15 is 0 Å². The molecule has 1 unspecified atom stereocenters. The zero-order valence-corrected chi connectivity index (χ0v) is 9.94. The van der Waals surface area contributed by atoms with Crippen molar-refractivity contribution in [3.8, 4) is 5.75 Å². The summed E-state index contributed by atoms with van der Waals surface area (Å²) in [7, 11) is 0. The van der Waals surface area contributed by atoms with E-state index in [1.807, 2.05) is 24.3 Å². The average Bonchev–Trinajstić information content (AvgIpc) is 2.38. The maximum Gasteiger partial charge on any atom is 0.349 e. The minimum absolute atomic E-state index is 0.291. The van der Waals surface area contributed by atoms with Crippen molar-refractivity contribution in [1.82, 2.24) is 0 Å². The molecule has 4 heteroatoms. The Kier molecular flexibility index (Phi) is 3.85. The first-order valence-corrected chi connectivity index (χ1v) is 5.97. The first-order chi connectivity index (χ1) is 8.31. The van der Waals surface area contributed by atoms with Crippen LogP contribution in [0.3, 0.4) is 0 Å². The van der Waals surface area contributed by atoms with Crippen LogP contribution >= 0.6 is 0 Å². The first-order valence-electron chi connectivity index (χ1n) is 5.97. The van der Waals surface area contributed by atoms with Crippen LogP contribution in [-0.2, 0) is 9.53 Å². The Labute approximate surface area is 101 Å². The number of esters is 1. The monoisotopic (exact) mass is 235 g/mol. The van der Waals surface area contributed by atoms with Crippen molar-refractivity contribution in [3.63, 3.8) is 0 Å². The average molecular weight is 235 g/mol. The molecule has 0 bridgehead atoms. The third-order valence-electron chi connectivity index (χ3n) is 2.64. The fourth-order valence-electron chi connectivity index (χ4n) is 1.65. The number of anilines is 1. The minimum atomic E-state index is -0.540. The van der Waals surface area contributed by atoms with Gasteiger partial charge in [-0.2, -0.15) is 0 Å².